The summed E-state index contributed by atoms with van der Waals surface area (Å²) in [7, 11) is 0. The first-order valence-electron chi connectivity index (χ1n) is 4.98. The fourth-order valence-corrected chi connectivity index (χ4v) is 1.48. The molecule has 0 amide bonds. The van der Waals surface area contributed by atoms with Crippen molar-refractivity contribution < 1.29 is 14.6 Å². The van der Waals surface area contributed by atoms with Crippen LogP contribution in [0, 0.1) is 0 Å². The zero-order chi connectivity index (χ0) is 10.4. The van der Waals surface area contributed by atoms with Gasteiger partial charge in [-0.05, 0) is 13.8 Å². The predicted molar refractivity (Wildman–Crippen MR) is 54.4 cm³/mol. The zero-order valence-corrected chi connectivity index (χ0v) is 8.77. The van der Waals surface area contributed by atoms with E-state index in [1.165, 1.54) is 0 Å². The highest BCUT2D eigenvalue weighted by molar-refractivity contribution is 4.90. The molecule has 14 heavy (non-hydrogen) atoms. The molecule has 0 aromatic rings. The summed E-state index contributed by atoms with van der Waals surface area (Å²) < 4.78 is 10.9. The molecular weight excluding hydrogens is 180 g/mol. The van der Waals surface area contributed by atoms with Crippen LogP contribution in [0.5, 0.6) is 0 Å². The van der Waals surface area contributed by atoms with E-state index in [0.717, 1.165) is 6.42 Å². The Kier molecular flexibility index (Phi) is 4.17. The molecule has 3 nitrogen and oxygen atoms in total. The Morgan fingerprint density at radius 2 is 2.29 bits per heavy atom. The van der Waals surface area contributed by atoms with E-state index in [1.54, 1.807) is 6.26 Å². The van der Waals surface area contributed by atoms with Gasteiger partial charge in [0.15, 0.2) is 6.29 Å². The van der Waals surface area contributed by atoms with Crippen LogP contribution in [0.15, 0.2) is 24.5 Å². The number of aliphatic hydroxyl groups excluding tert-OH is 1. The fourth-order valence-electron chi connectivity index (χ4n) is 1.48. The Bertz CT molecular complexity index is 207. The molecule has 0 spiro atoms. The number of hydrogen-bond donors (Lipinski definition) is 1. The second-order valence-corrected chi connectivity index (χ2v) is 3.38. The molecule has 2 atom stereocenters. The standard InChI is InChI=1S/C11H18O3/c1-3-5-7-11(13-9-4-2)8-6-10(12)14-11/h3-5,9-10,12H,6-8H2,1-2H3/b5-3-,9-4+. The van der Waals surface area contributed by atoms with Gasteiger partial charge in [-0.3, -0.25) is 0 Å². The molecule has 0 bridgehead atoms. The maximum Gasteiger partial charge on any atom is 0.215 e. The number of allylic oxidation sites excluding steroid dienone is 2. The Hall–Kier alpha value is -0.800. The van der Waals surface area contributed by atoms with Gasteiger partial charge in [-0.15, -0.1) is 0 Å². The minimum absolute atomic E-state index is 0.634. The highest BCUT2D eigenvalue weighted by atomic mass is 16.7. The van der Waals surface area contributed by atoms with Crippen molar-refractivity contribution in [3.8, 4) is 0 Å². The van der Waals surface area contributed by atoms with Gasteiger partial charge >= 0.3 is 0 Å². The average Bonchev–Trinajstić information content (AvgIpc) is 2.55. The normalized spacial score (nSPS) is 33.2. The summed E-state index contributed by atoms with van der Waals surface area (Å²) in [6.07, 6.45) is 8.71. The molecule has 0 aliphatic carbocycles. The number of aliphatic hydroxyl groups is 1. The lowest BCUT2D eigenvalue weighted by Crippen LogP contribution is -2.30. The number of hydrogen-bond acceptors (Lipinski definition) is 3. The van der Waals surface area contributed by atoms with E-state index in [9.17, 15) is 5.11 Å². The van der Waals surface area contributed by atoms with Gasteiger partial charge in [0.2, 0.25) is 5.79 Å². The van der Waals surface area contributed by atoms with Crippen molar-refractivity contribution in [2.75, 3.05) is 0 Å². The Morgan fingerprint density at radius 1 is 1.50 bits per heavy atom. The van der Waals surface area contributed by atoms with E-state index in [4.69, 9.17) is 9.47 Å². The molecule has 80 valence electrons. The van der Waals surface area contributed by atoms with E-state index in [0.29, 0.717) is 12.8 Å². The molecule has 1 saturated heterocycles. The van der Waals surface area contributed by atoms with Crippen LogP contribution in [0.25, 0.3) is 0 Å². The first kappa shape index (κ1) is 11.3. The molecule has 1 N–H and O–H groups in total. The van der Waals surface area contributed by atoms with Gasteiger partial charge in [0.05, 0.1) is 6.26 Å². The Balaban J connectivity index is 2.59. The lowest BCUT2D eigenvalue weighted by atomic mass is 10.1. The van der Waals surface area contributed by atoms with Crippen LogP contribution < -0.4 is 0 Å². The van der Waals surface area contributed by atoms with Gasteiger partial charge in [0.25, 0.3) is 0 Å². The molecule has 3 heteroatoms. The molecule has 1 rings (SSSR count). The molecule has 1 aliphatic rings. The topological polar surface area (TPSA) is 38.7 Å². The third-order valence-electron chi connectivity index (χ3n) is 2.21. The van der Waals surface area contributed by atoms with Crippen LogP contribution in [0.2, 0.25) is 0 Å². The van der Waals surface area contributed by atoms with Crippen molar-refractivity contribution in [1.29, 1.82) is 0 Å². The lowest BCUT2D eigenvalue weighted by Gasteiger charge is -2.26. The van der Waals surface area contributed by atoms with Crippen LogP contribution >= 0.6 is 0 Å². The van der Waals surface area contributed by atoms with Gasteiger partial charge in [0, 0.05) is 19.3 Å². The number of rotatable bonds is 4. The summed E-state index contributed by atoms with van der Waals surface area (Å²) in [6.45, 7) is 3.84. The quantitative estimate of drug-likeness (QED) is 0.556. The van der Waals surface area contributed by atoms with Crippen LogP contribution in [0.1, 0.15) is 33.1 Å². The molecular formula is C11H18O3. The monoisotopic (exact) mass is 198 g/mol. The van der Waals surface area contributed by atoms with Crippen LogP contribution in [-0.2, 0) is 9.47 Å². The molecule has 0 aromatic heterocycles. The minimum atomic E-state index is -0.689. The average molecular weight is 198 g/mol. The van der Waals surface area contributed by atoms with E-state index < -0.39 is 12.1 Å². The highest BCUT2D eigenvalue weighted by Crippen LogP contribution is 2.34. The maximum absolute atomic E-state index is 9.31. The molecule has 0 radical (unpaired) electrons. The summed E-state index contributed by atoms with van der Waals surface area (Å²) in [5, 5.41) is 9.31. The second-order valence-electron chi connectivity index (χ2n) is 3.38. The summed E-state index contributed by atoms with van der Waals surface area (Å²) in [6, 6.07) is 0. The van der Waals surface area contributed by atoms with Gasteiger partial charge in [-0.25, -0.2) is 0 Å². The number of ether oxygens (including phenoxy) is 2. The second kappa shape index (κ2) is 5.17. The van der Waals surface area contributed by atoms with Gasteiger partial charge in [-0.1, -0.05) is 18.2 Å². The van der Waals surface area contributed by atoms with Gasteiger partial charge < -0.3 is 14.6 Å². The summed E-state index contributed by atoms with van der Waals surface area (Å²) >= 11 is 0. The highest BCUT2D eigenvalue weighted by Gasteiger charge is 2.39. The Morgan fingerprint density at radius 3 is 2.79 bits per heavy atom. The first-order chi connectivity index (χ1) is 6.72. The molecule has 0 aromatic carbocycles. The van der Waals surface area contributed by atoms with E-state index in [2.05, 4.69) is 0 Å². The molecule has 1 aliphatic heterocycles. The summed E-state index contributed by atoms with van der Waals surface area (Å²) in [4.78, 5) is 0. The lowest BCUT2D eigenvalue weighted by molar-refractivity contribution is -0.236. The predicted octanol–water partition coefficient (Wildman–Crippen LogP) is 2.33. The van der Waals surface area contributed by atoms with Gasteiger partial charge in [-0.2, -0.15) is 0 Å². The summed E-state index contributed by atoms with van der Waals surface area (Å²) in [5.41, 5.74) is 0. The first-order valence-corrected chi connectivity index (χ1v) is 4.98. The van der Waals surface area contributed by atoms with Crippen molar-refractivity contribution in [1.82, 2.24) is 0 Å². The largest absolute Gasteiger partial charge is 0.470 e. The fraction of sp³-hybridized carbons (Fsp3) is 0.636. The maximum atomic E-state index is 9.31. The van der Waals surface area contributed by atoms with Crippen LogP contribution in [-0.4, -0.2) is 17.2 Å². The summed E-state index contributed by atoms with van der Waals surface area (Å²) in [5.74, 6) is -0.654. The van der Waals surface area contributed by atoms with E-state index in [1.807, 2.05) is 32.1 Å². The molecule has 1 fully saturated rings. The van der Waals surface area contributed by atoms with Crippen LogP contribution in [0.3, 0.4) is 0 Å². The van der Waals surface area contributed by atoms with Crippen molar-refractivity contribution in [3.05, 3.63) is 24.5 Å². The van der Waals surface area contributed by atoms with Crippen molar-refractivity contribution in [2.45, 2.75) is 45.2 Å². The third kappa shape index (κ3) is 2.86. The van der Waals surface area contributed by atoms with Crippen molar-refractivity contribution in [2.24, 2.45) is 0 Å². The smallest absolute Gasteiger partial charge is 0.215 e. The van der Waals surface area contributed by atoms with Crippen molar-refractivity contribution in [3.63, 3.8) is 0 Å². The molecule has 1 heterocycles. The SMILES string of the molecule is C/C=C\CC1(O/C=C/C)CCC(O)O1. The third-order valence-corrected chi connectivity index (χ3v) is 2.21. The Labute approximate surface area is 85.0 Å². The van der Waals surface area contributed by atoms with Gasteiger partial charge in [0.1, 0.15) is 0 Å². The van der Waals surface area contributed by atoms with E-state index in [-0.39, 0.29) is 0 Å². The van der Waals surface area contributed by atoms with Crippen LogP contribution in [0.4, 0.5) is 0 Å². The van der Waals surface area contributed by atoms with E-state index >= 15 is 0 Å². The molecule has 2 unspecified atom stereocenters. The molecule has 0 saturated carbocycles. The zero-order valence-electron chi connectivity index (χ0n) is 8.77. The van der Waals surface area contributed by atoms with Crippen molar-refractivity contribution >= 4 is 0 Å². The minimum Gasteiger partial charge on any atom is -0.470 e.